The number of fused-ring (bicyclic) bond motifs is 2. The van der Waals surface area contributed by atoms with E-state index in [1.807, 2.05) is 33.9 Å². The van der Waals surface area contributed by atoms with Gasteiger partial charge in [0.05, 0.1) is 0 Å². The number of aryl methyl sites for hydroxylation is 1. The van der Waals surface area contributed by atoms with E-state index in [-0.39, 0.29) is 5.91 Å². The monoisotopic (exact) mass is 297 g/mol. The zero-order valence-corrected chi connectivity index (χ0v) is 12.6. The fourth-order valence-corrected chi connectivity index (χ4v) is 3.68. The van der Waals surface area contributed by atoms with Crippen molar-refractivity contribution < 1.29 is 4.79 Å². The summed E-state index contributed by atoms with van der Waals surface area (Å²) in [5.74, 6) is 0.0276. The summed E-state index contributed by atoms with van der Waals surface area (Å²) in [6.07, 6.45) is 2.77. The summed E-state index contributed by atoms with van der Waals surface area (Å²) < 4.78 is 1.98. The Morgan fingerprint density at radius 2 is 2.10 bits per heavy atom. The summed E-state index contributed by atoms with van der Waals surface area (Å²) in [6.45, 7) is 3.47. The molecule has 2 aromatic heterocycles. The van der Waals surface area contributed by atoms with E-state index in [1.54, 1.807) is 11.3 Å². The SMILES string of the molecule is Cc1csc2nc(C(=O)N3CCc4ccccc4C3)cn12. The van der Waals surface area contributed by atoms with Gasteiger partial charge in [0.1, 0.15) is 5.69 Å². The Bertz CT molecular complexity index is 833. The largest absolute Gasteiger partial charge is 0.333 e. The Hall–Kier alpha value is -2.14. The van der Waals surface area contributed by atoms with Crippen LogP contribution in [-0.4, -0.2) is 26.7 Å². The molecule has 0 atom stereocenters. The number of hydrogen-bond donors (Lipinski definition) is 0. The molecule has 1 aliphatic rings. The van der Waals surface area contributed by atoms with Crippen molar-refractivity contribution in [3.05, 3.63) is 58.4 Å². The van der Waals surface area contributed by atoms with Gasteiger partial charge in [0.15, 0.2) is 4.96 Å². The van der Waals surface area contributed by atoms with Crippen molar-refractivity contribution in [3.8, 4) is 0 Å². The zero-order chi connectivity index (χ0) is 14.4. The molecular weight excluding hydrogens is 282 g/mol. The molecule has 0 saturated heterocycles. The first-order chi connectivity index (χ1) is 10.2. The Kier molecular flexibility index (Phi) is 2.82. The minimum Gasteiger partial charge on any atom is -0.333 e. The lowest BCUT2D eigenvalue weighted by molar-refractivity contribution is 0.0729. The van der Waals surface area contributed by atoms with E-state index in [0.717, 1.165) is 23.6 Å². The number of carbonyl (C=O) groups is 1. The molecule has 0 radical (unpaired) electrons. The molecule has 0 saturated carbocycles. The maximum atomic E-state index is 12.6. The Morgan fingerprint density at radius 3 is 2.90 bits per heavy atom. The van der Waals surface area contributed by atoms with Crippen LogP contribution >= 0.6 is 11.3 Å². The van der Waals surface area contributed by atoms with Crippen LogP contribution in [0.25, 0.3) is 4.96 Å². The number of aromatic nitrogens is 2. The first-order valence-electron chi connectivity index (χ1n) is 7.01. The maximum absolute atomic E-state index is 12.6. The molecule has 0 N–H and O–H groups in total. The third kappa shape index (κ3) is 2.05. The van der Waals surface area contributed by atoms with E-state index in [0.29, 0.717) is 12.2 Å². The van der Waals surface area contributed by atoms with Gasteiger partial charge in [-0.1, -0.05) is 24.3 Å². The third-order valence-electron chi connectivity index (χ3n) is 4.03. The second-order valence-electron chi connectivity index (χ2n) is 5.40. The molecule has 0 aliphatic carbocycles. The molecule has 0 spiro atoms. The van der Waals surface area contributed by atoms with Crippen molar-refractivity contribution in [3.63, 3.8) is 0 Å². The van der Waals surface area contributed by atoms with Crippen LogP contribution in [0, 0.1) is 6.92 Å². The van der Waals surface area contributed by atoms with Crippen molar-refractivity contribution in [1.82, 2.24) is 14.3 Å². The van der Waals surface area contributed by atoms with E-state index in [1.165, 1.54) is 11.1 Å². The number of carbonyl (C=O) groups excluding carboxylic acids is 1. The molecule has 5 heteroatoms. The van der Waals surface area contributed by atoms with Crippen LogP contribution in [-0.2, 0) is 13.0 Å². The molecule has 3 heterocycles. The molecule has 3 aromatic rings. The molecule has 1 amide bonds. The quantitative estimate of drug-likeness (QED) is 0.692. The zero-order valence-electron chi connectivity index (χ0n) is 11.7. The van der Waals surface area contributed by atoms with E-state index in [2.05, 4.69) is 23.2 Å². The highest BCUT2D eigenvalue weighted by molar-refractivity contribution is 7.15. The molecule has 106 valence electrons. The van der Waals surface area contributed by atoms with Crippen molar-refractivity contribution >= 4 is 22.2 Å². The van der Waals surface area contributed by atoms with Crippen molar-refractivity contribution in [2.75, 3.05) is 6.54 Å². The predicted octanol–water partition coefficient (Wildman–Crippen LogP) is 2.90. The standard InChI is InChI=1S/C16H15N3OS/c1-11-10-21-16-17-14(9-19(11)16)15(20)18-7-6-12-4-2-3-5-13(12)8-18/h2-5,9-10H,6-8H2,1H3. The maximum Gasteiger partial charge on any atom is 0.274 e. The summed E-state index contributed by atoms with van der Waals surface area (Å²) in [7, 11) is 0. The highest BCUT2D eigenvalue weighted by atomic mass is 32.1. The lowest BCUT2D eigenvalue weighted by Gasteiger charge is -2.28. The second kappa shape index (κ2) is 4.70. The van der Waals surface area contributed by atoms with E-state index < -0.39 is 0 Å². The molecule has 4 nitrogen and oxygen atoms in total. The fraction of sp³-hybridized carbons (Fsp3) is 0.250. The number of amides is 1. The summed E-state index contributed by atoms with van der Waals surface area (Å²) in [5.41, 5.74) is 4.26. The molecule has 0 bridgehead atoms. The van der Waals surface area contributed by atoms with Gasteiger partial charge in [-0.2, -0.15) is 0 Å². The average Bonchev–Trinajstić information content (AvgIpc) is 3.08. The number of imidazole rings is 1. The number of thiazole rings is 1. The minimum atomic E-state index is 0.0276. The van der Waals surface area contributed by atoms with Crippen LogP contribution in [0.15, 0.2) is 35.8 Å². The van der Waals surface area contributed by atoms with Crippen LogP contribution in [0.2, 0.25) is 0 Å². The van der Waals surface area contributed by atoms with Crippen LogP contribution in [0.1, 0.15) is 27.3 Å². The topological polar surface area (TPSA) is 37.6 Å². The summed E-state index contributed by atoms with van der Waals surface area (Å²) >= 11 is 1.57. The van der Waals surface area contributed by atoms with Gasteiger partial charge in [-0.05, 0) is 24.5 Å². The van der Waals surface area contributed by atoms with Crippen LogP contribution < -0.4 is 0 Å². The molecule has 21 heavy (non-hydrogen) atoms. The normalized spacial score (nSPS) is 14.4. The van der Waals surface area contributed by atoms with Gasteiger partial charge >= 0.3 is 0 Å². The highest BCUT2D eigenvalue weighted by Crippen LogP contribution is 2.21. The molecule has 0 fully saturated rings. The first kappa shape index (κ1) is 12.6. The van der Waals surface area contributed by atoms with Crippen molar-refractivity contribution in [2.45, 2.75) is 19.9 Å². The lowest BCUT2D eigenvalue weighted by atomic mass is 10.00. The van der Waals surface area contributed by atoms with E-state index in [9.17, 15) is 4.79 Å². The van der Waals surface area contributed by atoms with Crippen LogP contribution in [0.5, 0.6) is 0 Å². The summed E-state index contributed by atoms with van der Waals surface area (Å²) in [4.78, 5) is 19.9. The van der Waals surface area contributed by atoms with Crippen LogP contribution in [0.3, 0.4) is 0 Å². The number of hydrogen-bond acceptors (Lipinski definition) is 3. The fourth-order valence-electron chi connectivity index (χ4n) is 2.83. The van der Waals surface area contributed by atoms with Gasteiger partial charge < -0.3 is 4.90 Å². The highest BCUT2D eigenvalue weighted by Gasteiger charge is 2.23. The van der Waals surface area contributed by atoms with Gasteiger partial charge in [-0.3, -0.25) is 9.20 Å². The van der Waals surface area contributed by atoms with Crippen molar-refractivity contribution in [2.24, 2.45) is 0 Å². The smallest absolute Gasteiger partial charge is 0.274 e. The van der Waals surface area contributed by atoms with Crippen molar-refractivity contribution in [1.29, 1.82) is 0 Å². The molecule has 4 rings (SSSR count). The average molecular weight is 297 g/mol. The number of nitrogens with zero attached hydrogens (tertiary/aromatic N) is 3. The molecular formula is C16H15N3OS. The van der Waals surface area contributed by atoms with E-state index >= 15 is 0 Å². The van der Waals surface area contributed by atoms with Gasteiger partial charge in [0, 0.05) is 30.4 Å². The summed E-state index contributed by atoms with van der Waals surface area (Å²) in [6, 6.07) is 8.34. The number of benzene rings is 1. The lowest BCUT2D eigenvalue weighted by Crippen LogP contribution is -2.36. The Balaban J connectivity index is 1.63. The second-order valence-corrected chi connectivity index (χ2v) is 6.24. The number of rotatable bonds is 1. The predicted molar refractivity (Wildman–Crippen MR) is 82.7 cm³/mol. The minimum absolute atomic E-state index is 0.0276. The third-order valence-corrected chi connectivity index (χ3v) is 4.98. The van der Waals surface area contributed by atoms with Crippen LogP contribution in [0.4, 0.5) is 0 Å². The van der Waals surface area contributed by atoms with Gasteiger partial charge in [0.25, 0.3) is 5.91 Å². The Morgan fingerprint density at radius 1 is 1.29 bits per heavy atom. The molecule has 1 aliphatic heterocycles. The van der Waals surface area contributed by atoms with Gasteiger partial charge in [0.2, 0.25) is 0 Å². The summed E-state index contributed by atoms with van der Waals surface area (Å²) in [5, 5.41) is 2.05. The first-order valence-corrected chi connectivity index (χ1v) is 7.89. The van der Waals surface area contributed by atoms with E-state index in [4.69, 9.17) is 0 Å². The van der Waals surface area contributed by atoms with Gasteiger partial charge in [-0.25, -0.2) is 4.98 Å². The van der Waals surface area contributed by atoms with Gasteiger partial charge in [-0.15, -0.1) is 11.3 Å². The Labute approximate surface area is 126 Å². The molecule has 0 unspecified atom stereocenters. The molecule has 1 aromatic carbocycles.